The highest BCUT2D eigenvalue weighted by Gasteiger charge is 2.03. The van der Waals surface area contributed by atoms with Crippen LogP contribution in [0.2, 0.25) is 0 Å². The number of hydrogen-bond donors (Lipinski definition) is 2. The SMILES string of the molecule is CCc1ccc(C(=O)C/C=N/NC(N)=O)cc1. The Morgan fingerprint density at radius 3 is 2.53 bits per heavy atom. The first-order valence-electron chi connectivity index (χ1n) is 5.32. The van der Waals surface area contributed by atoms with E-state index in [0.29, 0.717) is 5.56 Å². The molecule has 0 aromatic heterocycles. The molecule has 0 aliphatic carbocycles. The maximum absolute atomic E-state index is 11.7. The van der Waals surface area contributed by atoms with Gasteiger partial charge in [-0.25, -0.2) is 10.2 Å². The number of urea groups is 1. The number of nitrogens with two attached hydrogens (primary N) is 1. The summed E-state index contributed by atoms with van der Waals surface area (Å²) in [6.45, 7) is 2.05. The van der Waals surface area contributed by atoms with E-state index in [0.717, 1.165) is 6.42 Å². The van der Waals surface area contributed by atoms with Crippen molar-refractivity contribution >= 4 is 18.0 Å². The summed E-state index contributed by atoms with van der Waals surface area (Å²) >= 11 is 0. The summed E-state index contributed by atoms with van der Waals surface area (Å²) in [4.78, 5) is 22.0. The fraction of sp³-hybridized carbons (Fsp3) is 0.250. The lowest BCUT2D eigenvalue weighted by Gasteiger charge is -1.99. The predicted molar refractivity (Wildman–Crippen MR) is 66.0 cm³/mol. The number of primary amides is 1. The van der Waals surface area contributed by atoms with E-state index in [1.54, 1.807) is 12.1 Å². The van der Waals surface area contributed by atoms with Gasteiger partial charge in [-0.05, 0) is 12.0 Å². The Labute approximate surface area is 99.7 Å². The third kappa shape index (κ3) is 4.46. The maximum Gasteiger partial charge on any atom is 0.332 e. The van der Waals surface area contributed by atoms with Crippen molar-refractivity contribution in [1.29, 1.82) is 0 Å². The van der Waals surface area contributed by atoms with E-state index in [1.807, 2.05) is 17.6 Å². The monoisotopic (exact) mass is 233 g/mol. The molecule has 1 aromatic carbocycles. The molecule has 1 aromatic rings. The fourth-order valence-corrected chi connectivity index (χ4v) is 1.28. The Morgan fingerprint density at radius 2 is 2.00 bits per heavy atom. The minimum absolute atomic E-state index is 0.0531. The third-order valence-electron chi connectivity index (χ3n) is 2.23. The van der Waals surface area contributed by atoms with Crippen molar-refractivity contribution in [3.8, 4) is 0 Å². The quantitative estimate of drug-likeness (QED) is 0.458. The van der Waals surface area contributed by atoms with Crippen LogP contribution in [0.15, 0.2) is 29.4 Å². The van der Waals surface area contributed by atoms with Crippen LogP contribution in [0.25, 0.3) is 0 Å². The molecule has 90 valence electrons. The van der Waals surface area contributed by atoms with Crippen LogP contribution < -0.4 is 11.2 Å². The van der Waals surface area contributed by atoms with Crippen molar-refractivity contribution < 1.29 is 9.59 Å². The minimum Gasteiger partial charge on any atom is -0.350 e. The summed E-state index contributed by atoms with van der Waals surface area (Å²) in [5, 5.41) is 3.50. The Bertz CT molecular complexity index is 424. The highest BCUT2D eigenvalue weighted by atomic mass is 16.2. The molecule has 0 saturated heterocycles. The van der Waals surface area contributed by atoms with Crippen LogP contribution in [-0.4, -0.2) is 18.0 Å². The minimum atomic E-state index is -0.749. The summed E-state index contributed by atoms with van der Waals surface area (Å²) in [7, 11) is 0. The molecule has 0 bridgehead atoms. The number of hydrazone groups is 1. The number of nitrogens with one attached hydrogen (secondary N) is 1. The van der Waals surface area contributed by atoms with Gasteiger partial charge < -0.3 is 5.73 Å². The molecule has 5 heteroatoms. The smallest absolute Gasteiger partial charge is 0.332 e. The van der Waals surface area contributed by atoms with E-state index in [2.05, 4.69) is 12.0 Å². The maximum atomic E-state index is 11.7. The third-order valence-corrected chi connectivity index (χ3v) is 2.23. The lowest BCUT2D eigenvalue weighted by atomic mass is 10.1. The van der Waals surface area contributed by atoms with Gasteiger partial charge in [0, 0.05) is 18.2 Å². The summed E-state index contributed by atoms with van der Waals surface area (Å²) in [5.74, 6) is -0.0531. The number of aryl methyl sites for hydroxylation is 1. The molecule has 0 radical (unpaired) electrons. The van der Waals surface area contributed by atoms with Crippen molar-refractivity contribution in [1.82, 2.24) is 5.43 Å². The van der Waals surface area contributed by atoms with Crippen LogP contribution in [-0.2, 0) is 6.42 Å². The van der Waals surface area contributed by atoms with E-state index < -0.39 is 6.03 Å². The molecule has 0 aliphatic rings. The van der Waals surface area contributed by atoms with E-state index in [-0.39, 0.29) is 12.2 Å². The number of rotatable bonds is 5. The van der Waals surface area contributed by atoms with Gasteiger partial charge in [0.25, 0.3) is 0 Å². The zero-order valence-electron chi connectivity index (χ0n) is 9.64. The lowest BCUT2D eigenvalue weighted by molar-refractivity contribution is 0.100. The van der Waals surface area contributed by atoms with Gasteiger partial charge in [0.2, 0.25) is 0 Å². The van der Waals surface area contributed by atoms with Gasteiger partial charge in [0.05, 0.1) is 0 Å². The average Bonchev–Trinajstić information content (AvgIpc) is 2.34. The van der Waals surface area contributed by atoms with Gasteiger partial charge in [0.1, 0.15) is 0 Å². The zero-order valence-corrected chi connectivity index (χ0v) is 9.64. The molecule has 2 amide bonds. The molecule has 5 nitrogen and oxygen atoms in total. The second kappa shape index (κ2) is 6.42. The molecule has 17 heavy (non-hydrogen) atoms. The Hall–Kier alpha value is -2.17. The van der Waals surface area contributed by atoms with Crippen molar-refractivity contribution in [3.05, 3.63) is 35.4 Å². The summed E-state index contributed by atoms with van der Waals surface area (Å²) in [6, 6.07) is 6.67. The number of benzene rings is 1. The standard InChI is InChI=1S/C12H15N3O2/c1-2-9-3-5-10(6-4-9)11(16)7-8-14-15-12(13)17/h3-6,8H,2,7H2,1H3,(H3,13,15,17)/b14-8+. The largest absolute Gasteiger partial charge is 0.350 e. The highest BCUT2D eigenvalue weighted by molar-refractivity contribution is 6.03. The number of hydrogen-bond acceptors (Lipinski definition) is 3. The molecule has 3 N–H and O–H groups in total. The van der Waals surface area contributed by atoms with Crippen molar-refractivity contribution in [3.63, 3.8) is 0 Å². The van der Waals surface area contributed by atoms with E-state index in [4.69, 9.17) is 5.73 Å². The zero-order chi connectivity index (χ0) is 12.7. The fourth-order valence-electron chi connectivity index (χ4n) is 1.28. The Morgan fingerprint density at radius 1 is 1.35 bits per heavy atom. The molecule has 0 unspecified atom stereocenters. The van der Waals surface area contributed by atoms with Crippen LogP contribution in [0.5, 0.6) is 0 Å². The molecule has 0 heterocycles. The number of amides is 2. The lowest BCUT2D eigenvalue weighted by Crippen LogP contribution is -2.24. The average molecular weight is 233 g/mol. The van der Waals surface area contributed by atoms with Crippen molar-refractivity contribution in [2.75, 3.05) is 0 Å². The van der Waals surface area contributed by atoms with Gasteiger partial charge >= 0.3 is 6.03 Å². The number of carbonyl (C=O) groups is 2. The topological polar surface area (TPSA) is 84.6 Å². The summed E-state index contributed by atoms with van der Waals surface area (Å²) in [6.07, 6.45) is 2.39. The molecule has 0 fully saturated rings. The van der Waals surface area contributed by atoms with E-state index >= 15 is 0 Å². The normalized spacial score (nSPS) is 10.4. The molecule has 0 spiro atoms. The Balaban J connectivity index is 2.52. The first kappa shape index (κ1) is 12.9. The van der Waals surface area contributed by atoms with Gasteiger partial charge in [0.15, 0.2) is 5.78 Å². The second-order valence-electron chi connectivity index (χ2n) is 3.47. The molecule has 0 aliphatic heterocycles. The summed E-state index contributed by atoms with van der Waals surface area (Å²) in [5.41, 5.74) is 8.65. The molecule has 1 rings (SSSR count). The van der Waals surface area contributed by atoms with Gasteiger partial charge in [-0.15, -0.1) is 0 Å². The van der Waals surface area contributed by atoms with Crippen molar-refractivity contribution in [2.24, 2.45) is 10.8 Å². The van der Waals surface area contributed by atoms with E-state index in [9.17, 15) is 9.59 Å². The highest BCUT2D eigenvalue weighted by Crippen LogP contribution is 2.06. The summed E-state index contributed by atoms with van der Waals surface area (Å²) < 4.78 is 0. The van der Waals surface area contributed by atoms with Crippen LogP contribution in [0.1, 0.15) is 29.3 Å². The predicted octanol–water partition coefficient (Wildman–Crippen LogP) is 1.48. The van der Waals surface area contributed by atoms with Crippen LogP contribution in [0.3, 0.4) is 0 Å². The molecule has 0 atom stereocenters. The van der Waals surface area contributed by atoms with Crippen LogP contribution in [0, 0.1) is 0 Å². The molecule has 0 saturated carbocycles. The van der Waals surface area contributed by atoms with Gasteiger partial charge in [-0.1, -0.05) is 31.2 Å². The second-order valence-corrected chi connectivity index (χ2v) is 3.47. The van der Waals surface area contributed by atoms with Crippen LogP contribution >= 0.6 is 0 Å². The first-order chi connectivity index (χ1) is 8.13. The molecular formula is C12H15N3O2. The van der Waals surface area contributed by atoms with Crippen LogP contribution in [0.4, 0.5) is 4.79 Å². The van der Waals surface area contributed by atoms with Gasteiger partial charge in [-0.2, -0.15) is 5.10 Å². The van der Waals surface area contributed by atoms with Gasteiger partial charge in [-0.3, -0.25) is 4.79 Å². The number of Topliss-reactive ketones (excluding diaryl/α,β-unsaturated/α-hetero) is 1. The van der Waals surface area contributed by atoms with Crippen molar-refractivity contribution in [2.45, 2.75) is 19.8 Å². The number of nitrogens with zero attached hydrogens (tertiary/aromatic N) is 1. The Kier molecular flexibility index (Phi) is 4.87. The molecular weight excluding hydrogens is 218 g/mol. The first-order valence-corrected chi connectivity index (χ1v) is 5.32. The number of carbonyl (C=O) groups excluding carboxylic acids is 2. The number of ketones is 1. The van der Waals surface area contributed by atoms with E-state index in [1.165, 1.54) is 11.8 Å².